The Bertz CT molecular complexity index is 1080. The maximum atomic E-state index is 12.4. The number of hydrogen-bond acceptors (Lipinski definition) is 5. The van der Waals surface area contributed by atoms with Crippen LogP contribution in [-0.4, -0.2) is 42.0 Å². The molecule has 0 radical (unpaired) electrons. The second-order valence-corrected chi connectivity index (χ2v) is 6.38. The van der Waals surface area contributed by atoms with Gasteiger partial charge in [-0.15, -0.1) is 5.10 Å². The molecule has 0 fully saturated rings. The SMILES string of the molecule is CC(C)n1c(CCNC(=O)c2ccn3nnnc3c2)nc2ccccc21. The molecular weight excluding hydrogens is 330 g/mol. The van der Waals surface area contributed by atoms with Gasteiger partial charge in [0.25, 0.3) is 5.91 Å². The van der Waals surface area contributed by atoms with E-state index in [4.69, 9.17) is 4.98 Å². The Morgan fingerprint density at radius 2 is 2.08 bits per heavy atom. The van der Waals surface area contributed by atoms with Crippen molar-refractivity contribution >= 4 is 22.6 Å². The lowest BCUT2D eigenvalue weighted by molar-refractivity contribution is 0.0954. The van der Waals surface area contributed by atoms with Crippen molar-refractivity contribution in [2.45, 2.75) is 26.3 Å². The van der Waals surface area contributed by atoms with Crippen molar-refractivity contribution in [2.75, 3.05) is 6.54 Å². The van der Waals surface area contributed by atoms with Crippen LogP contribution in [0, 0.1) is 0 Å². The fourth-order valence-electron chi connectivity index (χ4n) is 3.12. The first kappa shape index (κ1) is 16.2. The lowest BCUT2D eigenvalue weighted by Crippen LogP contribution is -2.26. The summed E-state index contributed by atoms with van der Waals surface area (Å²) in [5.74, 6) is 0.821. The predicted molar refractivity (Wildman–Crippen MR) is 96.9 cm³/mol. The van der Waals surface area contributed by atoms with Gasteiger partial charge in [-0.3, -0.25) is 4.79 Å². The van der Waals surface area contributed by atoms with Crippen LogP contribution >= 0.6 is 0 Å². The molecule has 1 amide bonds. The van der Waals surface area contributed by atoms with E-state index in [-0.39, 0.29) is 5.91 Å². The van der Waals surface area contributed by atoms with Crippen LogP contribution in [0.1, 0.15) is 36.1 Å². The van der Waals surface area contributed by atoms with Crippen molar-refractivity contribution in [1.29, 1.82) is 0 Å². The van der Waals surface area contributed by atoms with E-state index in [0.29, 0.717) is 30.2 Å². The minimum atomic E-state index is -0.150. The lowest BCUT2D eigenvalue weighted by atomic mass is 10.2. The Kier molecular flexibility index (Phi) is 4.08. The Morgan fingerprint density at radius 3 is 2.92 bits per heavy atom. The maximum absolute atomic E-state index is 12.4. The summed E-state index contributed by atoms with van der Waals surface area (Å²) < 4.78 is 3.73. The van der Waals surface area contributed by atoms with Gasteiger partial charge in [0.05, 0.1) is 11.0 Å². The van der Waals surface area contributed by atoms with Crippen LogP contribution in [0.3, 0.4) is 0 Å². The molecule has 132 valence electrons. The molecule has 1 N–H and O–H groups in total. The van der Waals surface area contributed by atoms with Crippen molar-refractivity contribution in [2.24, 2.45) is 0 Å². The molecule has 0 bridgehead atoms. The molecule has 0 aliphatic heterocycles. The van der Waals surface area contributed by atoms with Gasteiger partial charge in [0, 0.05) is 30.8 Å². The van der Waals surface area contributed by atoms with Crippen LogP contribution in [-0.2, 0) is 6.42 Å². The molecule has 8 heteroatoms. The molecule has 4 aromatic rings. The molecule has 0 saturated heterocycles. The first-order valence-electron chi connectivity index (χ1n) is 8.55. The second kappa shape index (κ2) is 6.55. The summed E-state index contributed by atoms with van der Waals surface area (Å²) >= 11 is 0. The van der Waals surface area contributed by atoms with Crippen molar-refractivity contribution < 1.29 is 4.79 Å². The van der Waals surface area contributed by atoms with E-state index < -0.39 is 0 Å². The van der Waals surface area contributed by atoms with Crippen molar-refractivity contribution in [3.05, 3.63) is 54.0 Å². The molecule has 0 spiro atoms. The van der Waals surface area contributed by atoms with Crippen LogP contribution in [0.15, 0.2) is 42.6 Å². The van der Waals surface area contributed by atoms with Gasteiger partial charge in [-0.25, -0.2) is 9.50 Å². The number of para-hydroxylation sites is 2. The van der Waals surface area contributed by atoms with Crippen molar-refractivity contribution in [1.82, 2.24) is 34.9 Å². The zero-order valence-electron chi connectivity index (χ0n) is 14.6. The fourth-order valence-corrected chi connectivity index (χ4v) is 3.12. The average molecular weight is 349 g/mol. The van der Waals surface area contributed by atoms with Crippen LogP contribution in [0.25, 0.3) is 16.7 Å². The zero-order valence-corrected chi connectivity index (χ0v) is 14.6. The molecule has 0 unspecified atom stereocenters. The third kappa shape index (κ3) is 2.90. The molecule has 1 aromatic carbocycles. The first-order valence-corrected chi connectivity index (χ1v) is 8.55. The summed E-state index contributed by atoms with van der Waals surface area (Å²) in [6.07, 6.45) is 2.33. The first-order chi connectivity index (χ1) is 12.6. The van der Waals surface area contributed by atoms with Crippen LogP contribution in [0.4, 0.5) is 0 Å². The van der Waals surface area contributed by atoms with Gasteiger partial charge in [-0.05, 0) is 48.5 Å². The summed E-state index contributed by atoms with van der Waals surface area (Å²) in [6.45, 7) is 4.78. The standard InChI is InChI=1S/C18H19N7O/c1-12(2)25-15-6-4-3-5-14(15)20-16(25)7-9-19-18(26)13-8-10-24-17(11-13)21-22-23-24/h3-6,8,10-12H,7,9H2,1-2H3,(H,19,26). The largest absolute Gasteiger partial charge is 0.352 e. The van der Waals surface area contributed by atoms with Crippen LogP contribution < -0.4 is 5.32 Å². The van der Waals surface area contributed by atoms with E-state index in [1.165, 1.54) is 4.52 Å². The van der Waals surface area contributed by atoms with Crippen LogP contribution in [0.5, 0.6) is 0 Å². The number of nitrogens with one attached hydrogen (secondary N) is 1. The normalized spacial score (nSPS) is 11.5. The predicted octanol–water partition coefficient (Wildman–Crippen LogP) is 2.03. The highest BCUT2D eigenvalue weighted by Crippen LogP contribution is 2.21. The number of carbonyl (C=O) groups is 1. The number of fused-ring (bicyclic) bond motifs is 2. The van der Waals surface area contributed by atoms with Gasteiger partial charge < -0.3 is 9.88 Å². The van der Waals surface area contributed by atoms with E-state index in [2.05, 4.69) is 45.3 Å². The minimum absolute atomic E-state index is 0.150. The Morgan fingerprint density at radius 1 is 1.23 bits per heavy atom. The molecule has 0 aliphatic carbocycles. The van der Waals surface area contributed by atoms with E-state index in [1.807, 2.05) is 18.2 Å². The number of amides is 1. The molecule has 8 nitrogen and oxygen atoms in total. The molecular formula is C18H19N7O. The topological polar surface area (TPSA) is 90.0 Å². The Labute approximate surface area is 149 Å². The highest BCUT2D eigenvalue weighted by molar-refractivity contribution is 5.94. The number of imidazole rings is 1. The highest BCUT2D eigenvalue weighted by Gasteiger charge is 2.13. The molecule has 4 rings (SSSR count). The quantitative estimate of drug-likeness (QED) is 0.595. The third-order valence-electron chi connectivity index (χ3n) is 4.28. The smallest absolute Gasteiger partial charge is 0.251 e. The lowest BCUT2D eigenvalue weighted by Gasteiger charge is -2.13. The molecule has 26 heavy (non-hydrogen) atoms. The van der Waals surface area contributed by atoms with E-state index >= 15 is 0 Å². The summed E-state index contributed by atoms with van der Waals surface area (Å²) in [4.78, 5) is 17.1. The number of benzene rings is 1. The number of tetrazole rings is 1. The summed E-state index contributed by atoms with van der Waals surface area (Å²) in [7, 11) is 0. The number of hydrogen-bond donors (Lipinski definition) is 1. The highest BCUT2D eigenvalue weighted by atomic mass is 16.1. The summed E-state index contributed by atoms with van der Waals surface area (Å²) in [6, 6.07) is 11.8. The van der Waals surface area contributed by atoms with Gasteiger partial charge in [0.15, 0.2) is 5.65 Å². The van der Waals surface area contributed by atoms with Gasteiger partial charge in [0.2, 0.25) is 0 Å². The number of rotatable bonds is 5. The number of aromatic nitrogens is 6. The van der Waals surface area contributed by atoms with Gasteiger partial charge in [0.1, 0.15) is 5.82 Å². The molecule has 3 aromatic heterocycles. The van der Waals surface area contributed by atoms with Gasteiger partial charge in [-0.1, -0.05) is 12.1 Å². The van der Waals surface area contributed by atoms with E-state index in [0.717, 1.165) is 16.9 Å². The van der Waals surface area contributed by atoms with E-state index in [1.54, 1.807) is 18.3 Å². The number of carbonyl (C=O) groups excluding carboxylic acids is 1. The van der Waals surface area contributed by atoms with Gasteiger partial charge >= 0.3 is 0 Å². The number of nitrogens with zero attached hydrogens (tertiary/aromatic N) is 6. The van der Waals surface area contributed by atoms with Crippen LogP contribution in [0.2, 0.25) is 0 Å². The van der Waals surface area contributed by atoms with Crippen molar-refractivity contribution in [3.63, 3.8) is 0 Å². The average Bonchev–Trinajstić information content (AvgIpc) is 3.24. The molecule has 0 aliphatic rings. The zero-order chi connectivity index (χ0) is 18.1. The molecule has 0 atom stereocenters. The summed E-state index contributed by atoms with van der Waals surface area (Å²) in [5, 5.41) is 14.1. The fraction of sp³-hybridized carbons (Fsp3) is 0.278. The molecule has 3 heterocycles. The van der Waals surface area contributed by atoms with Crippen molar-refractivity contribution in [3.8, 4) is 0 Å². The summed E-state index contributed by atoms with van der Waals surface area (Å²) in [5.41, 5.74) is 3.17. The van der Waals surface area contributed by atoms with Gasteiger partial charge in [-0.2, -0.15) is 0 Å². The maximum Gasteiger partial charge on any atom is 0.251 e. The monoisotopic (exact) mass is 349 g/mol. The second-order valence-electron chi connectivity index (χ2n) is 6.38. The third-order valence-corrected chi connectivity index (χ3v) is 4.28. The Hall–Kier alpha value is -3.29. The molecule has 0 saturated carbocycles. The Balaban J connectivity index is 1.48. The number of pyridine rings is 1. The van der Waals surface area contributed by atoms with E-state index in [9.17, 15) is 4.79 Å². The minimum Gasteiger partial charge on any atom is -0.352 e.